The quantitative estimate of drug-likeness (QED) is 0.591. The molecule has 0 radical (unpaired) electrons. The minimum atomic E-state index is -2.56. The van der Waals surface area contributed by atoms with Crippen molar-refractivity contribution in [1.29, 1.82) is 0 Å². The van der Waals surface area contributed by atoms with Crippen molar-refractivity contribution >= 4 is 17.6 Å². The number of aryl methyl sites for hydroxylation is 3. The molecular weight excluding hydrogens is 408 g/mol. The molecule has 1 aromatic heterocycles. The number of aromatic nitrogens is 1. The van der Waals surface area contributed by atoms with Crippen LogP contribution in [0.3, 0.4) is 0 Å². The second kappa shape index (κ2) is 9.82. The molecule has 0 saturated heterocycles. The molecule has 2 amide bonds. The lowest BCUT2D eigenvalue weighted by molar-refractivity contribution is -0.130. The van der Waals surface area contributed by atoms with E-state index in [2.05, 4.69) is 15.6 Å². The van der Waals surface area contributed by atoms with Gasteiger partial charge < -0.3 is 20.5 Å². The Bertz CT molecular complexity index is 949. The van der Waals surface area contributed by atoms with Crippen LogP contribution in [-0.2, 0) is 11.3 Å². The highest BCUT2D eigenvalue weighted by Crippen LogP contribution is 2.25. The van der Waals surface area contributed by atoms with Gasteiger partial charge in [0.1, 0.15) is 23.8 Å². The number of rotatable bonds is 8. The van der Waals surface area contributed by atoms with E-state index in [0.717, 1.165) is 5.56 Å². The average Bonchev–Trinajstić information content (AvgIpc) is 2.63. The van der Waals surface area contributed by atoms with Gasteiger partial charge in [-0.05, 0) is 63.4 Å². The summed E-state index contributed by atoms with van der Waals surface area (Å²) in [6.45, 7) is 7.42. The van der Waals surface area contributed by atoms with Crippen LogP contribution in [0.25, 0.3) is 0 Å². The maximum absolute atomic E-state index is 12.6. The number of nitrogens with one attached hydrogen (secondary N) is 2. The maximum atomic E-state index is 12.6. The van der Waals surface area contributed by atoms with Crippen molar-refractivity contribution in [2.75, 3.05) is 11.9 Å². The van der Waals surface area contributed by atoms with Crippen molar-refractivity contribution in [3.05, 3.63) is 52.2 Å². The highest BCUT2D eigenvalue weighted by Gasteiger charge is 2.24. The fraction of sp³-hybridized carbons (Fsp3) is 0.409. The Morgan fingerprint density at radius 1 is 1.13 bits per heavy atom. The third kappa shape index (κ3) is 6.99. The number of ether oxygens (including phenoxy) is 1. The van der Waals surface area contributed by atoms with E-state index in [1.54, 1.807) is 39.0 Å². The normalized spacial score (nSPS) is 11.4. The molecule has 0 fully saturated rings. The molecule has 3 N–H and O–H groups in total. The van der Waals surface area contributed by atoms with Gasteiger partial charge >= 0.3 is 0 Å². The number of pyridine rings is 1. The summed E-state index contributed by atoms with van der Waals surface area (Å²) in [5, 5.41) is 15.0. The van der Waals surface area contributed by atoms with Crippen LogP contribution in [0.4, 0.5) is 14.6 Å². The van der Waals surface area contributed by atoms with E-state index >= 15 is 0 Å². The second-order valence-corrected chi connectivity index (χ2v) is 7.84. The highest BCUT2D eigenvalue weighted by molar-refractivity contribution is 5.98. The van der Waals surface area contributed by atoms with E-state index in [9.17, 15) is 23.5 Å². The van der Waals surface area contributed by atoms with Gasteiger partial charge in [0.15, 0.2) is 0 Å². The smallest absolute Gasteiger partial charge is 0.272 e. The second-order valence-electron chi connectivity index (χ2n) is 7.84. The molecule has 0 bridgehead atoms. The molecule has 9 heteroatoms. The molecule has 1 aromatic carbocycles. The zero-order valence-electron chi connectivity index (χ0n) is 18.2. The molecule has 0 aliphatic rings. The van der Waals surface area contributed by atoms with Gasteiger partial charge in [-0.1, -0.05) is 12.1 Å². The third-order valence-electron chi connectivity index (χ3n) is 4.34. The Kier molecular flexibility index (Phi) is 7.67. The van der Waals surface area contributed by atoms with Gasteiger partial charge in [-0.2, -0.15) is 0 Å². The number of aliphatic hydroxyl groups is 1. The van der Waals surface area contributed by atoms with Gasteiger partial charge in [0.05, 0.1) is 0 Å². The Morgan fingerprint density at radius 3 is 2.29 bits per heavy atom. The Hall–Kier alpha value is -3.07. The number of amides is 2. The molecule has 2 aromatic rings. The summed E-state index contributed by atoms with van der Waals surface area (Å²) in [7, 11) is 0. The lowest BCUT2D eigenvalue weighted by Gasteiger charge is -2.17. The summed E-state index contributed by atoms with van der Waals surface area (Å²) in [6.07, 6.45) is -2.56. The van der Waals surface area contributed by atoms with Crippen molar-refractivity contribution in [3.63, 3.8) is 0 Å². The van der Waals surface area contributed by atoms with Gasteiger partial charge in [-0.25, -0.2) is 13.8 Å². The van der Waals surface area contributed by atoms with Crippen LogP contribution in [0.5, 0.6) is 5.75 Å². The monoisotopic (exact) mass is 435 g/mol. The number of anilines is 1. The first-order chi connectivity index (χ1) is 14.4. The fourth-order valence-corrected chi connectivity index (χ4v) is 2.93. The van der Waals surface area contributed by atoms with E-state index in [4.69, 9.17) is 4.74 Å². The molecule has 168 valence electrons. The van der Waals surface area contributed by atoms with Crippen LogP contribution in [0, 0.1) is 20.8 Å². The lowest BCUT2D eigenvalue weighted by atomic mass is 10.1. The molecule has 0 saturated carbocycles. The summed E-state index contributed by atoms with van der Waals surface area (Å²) in [5.74, 6) is -0.452. The van der Waals surface area contributed by atoms with Crippen molar-refractivity contribution in [1.82, 2.24) is 10.3 Å². The van der Waals surface area contributed by atoms with Crippen molar-refractivity contribution in [2.24, 2.45) is 0 Å². The molecule has 31 heavy (non-hydrogen) atoms. The van der Waals surface area contributed by atoms with E-state index < -0.39 is 24.5 Å². The first kappa shape index (κ1) is 24.2. The Labute approximate surface area is 179 Å². The fourth-order valence-electron chi connectivity index (χ4n) is 2.93. The van der Waals surface area contributed by atoms with E-state index in [-0.39, 0.29) is 18.3 Å². The zero-order valence-corrected chi connectivity index (χ0v) is 18.2. The minimum Gasteiger partial charge on any atom is -0.487 e. The van der Waals surface area contributed by atoms with E-state index in [1.165, 1.54) is 19.9 Å². The molecule has 2 rings (SSSR count). The third-order valence-corrected chi connectivity index (χ3v) is 4.34. The van der Waals surface area contributed by atoms with E-state index in [0.29, 0.717) is 28.1 Å². The molecule has 0 atom stereocenters. The van der Waals surface area contributed by atoms with Crippen LogP contribution < -0.4 is 15.4 Å². The topological polar surface area (TPSA) is 101 Å². The van der Waals surface area contributed by atoms with Gasteiger partial charge in [-0.15, -0.1) is 0 Å². The number of halogens is 2. The SMILES string of the molecule is Cc1cc(C(=O)NCc2cc(C)c(OCC(F)F)c(C)c2)cc(NC(=O)C(C)(C)O)n1. The van der Waals surface area contributed by atoms with Crippen molar-refractivity contribution in [3.8, 4) is 5.75 Å². The van der Waals surface area contributed by atoms with E-state index in [1.807, 2.05) is 0 Å². The first-order valence-corrected chi connectivity index (χ1v) is 9.68. The Morgan fingerprint density at radius 2 is 1.74 bits per heavy atom. The summed E-state index contributed by atoms with van der Waals surface area (Å²) >= 11 is 0. The predicted octanol–water partition coefficient (Wildman–Crippen LogP) is 3.29. The van der Waals surface area contributed by atoms with Crippen LogP contribution >= 0.6 is 0 Å². The molecular formula is C22H27F2N3O4. The van der Waals surface area contributed by atoms with Gasteiger partial charge in [-0.3, -0.25) is 9.59 Å². The largest absolute Gasteiger partial charge is 0.487 e. The average molecular weight is 435 g/mol. The first-order valence-electron chi connectivity index (χ1n) is 9.68. The lowest BCUT2D eigenvalue weighted by Crippen LogP contribution is -2.37. The van der Waals surface area contributed by atoms with Gasteiger partial charge in [0.25, 0.3) is 18.2 Å². The number of nitrogens with zero attached hydrogens (tertiary/aromatic N) is 1. The standard InChI is InChI=1S/C22H27F2N3O4/c1-12-6-15(7-13(2)19(12)31-11-17(23)24)10-25-20(28)16-8-14(3)26-18(9-16)27-21(29)22(4,5)30/h6-9,17,30H,10-11H2,1-5H3,(H,25,28)(H,26,27,29). The summed E-state index contributed by atoms with van der Waals surface area (Å²) in [5.41, 5.74) is 1.40. The number of hydrogen-bond donors (Lipinski definition) is 3. The number of alkyl halides is 2. The molecule has 0 aliphatic heterocycles. The zero-order chi connectivity index (χ0) is 23.3. The van der Waals surface area contributed by atoms with Crippen molar-refractivity contribution < 1.29 is 28.2 Å². The Balaban J connectivity index is 2.10. The predicted molar refractivity (Wildman–Crippen MR) is 112 cm³/mol. The van der Waals surface area contributed by atoms with Crippen LogP contribution in [0.1, 0.15) is 46.6 Å². The van der Waals surface area contributed by atoms with Crippen LogP contribution in [0.2, 0.25) is 0 Å². The van der Waals surface area contributed by atoms with Crippen LogP contribution in [-0.4, -0.2) is 40.5 Å². The van der Waals surface area contributed by atoms with Gasteiger partial charge in [0, 0.05) is 17.8 Å². The number of benzene rings is 1. The van der Waals surface area contributed by atoms with Gasteiger partial charge in [0.2, 0.25) is 0 Å². The summed E-state index contributed by atoms with van der Waals surface area (Å²) < 4.78 is 30.0. The molecule has 7 nitrogen and oxygen atoms in total. The highest BCUT2D eigenvalue weighted by atomic mass is 19.3. The molecule has 1 heterocycles. The number of carbonyl (C=O) groups is 2. The summed E-state index contributed by atoms with van der Waals surface area (Å²) in [4.78, 5) is 28.7. The van der Waals surface area contributed by atoms with Crippen molar-refractivity contribution in [2.45, 2.75) is 53.2 Å². The molecule has 0 aliphatic carbocycles. The number of carbonyl (C=O) groups excluding carboxylic acids is 2. The molecule has 0 spiro atoms. The number of hydrogen-bond acceptors (Lipinski definition) is 5. The van der Waals surface area contributed by atoms with Crippen LogP contribution in [0.15, 0.2) is 24.3 Å². The maximum Gasteiger partial charge on any atom is 0.272 e. The summed E-state index contributed by atoms with van der Waals surface area (Å²) in [6, 6.07) is 6.53. The minimum absolute atomic E-state index is 0.157. The molecule has 0 unspecified atom stereocenters.